The van der Waals surface area contributed by atoms with E-state index in [4.69, 9.17) is 4.74 Å². The summed E-state index contributed by atoms with van der Waals surface area (Å²) in [7, 11) is 1.64. The van der Waals surface area contributed by atoms with E-state index in [-0.39, 0.29) is 24.0 Å². The van der Waals surface area contributed by atoms with Gasteiger partial charge in [-0.05, 0) is 30.3 Å². The molecule has 0 bridgehead atoms. The molecule has 0 radical (unpaired) electrons. The summed E-state index contributed by atoms with van der Waals surface area (Å²) in [6, 6.07) is 17.8. The molecule has 2 aromatic heterocycles. The Morgan fingerprint density at radius 1 is 1.09 bits per heavy atom. The average Bonchev–Trinajstić information content (AvgIpc) is 3.22. The lowest BCUT2D eigenvalue weighted by atomic mass is 10.0. The minimum atomic E-state index is -0.879. The van der Waals surface area contributed by atoms with Crippen LogP contribution >= 0.6 is 0 Å². The highest BCUT2D eigenvalue weighted by atomic mass is 19.1. The van der Waals surface area contributed by atoms with Crippen LogP contribution in [0.25, 0.3) is 16.6 Å². The molecule has 2 aromatic carbocycles. The topological polar surface area (TPSA) is 75.9 Å². The average molecular weight is 430 g/mol. The zero-order valence-electron chi connectivity index (χ0n) is 17.2. The van der Waals surface area contributed by atoms with Crippen LogP contribution in [0.15, 0.2) is 72.9 Å². The van der Waals surface area contributed by atoms with Gasteiger partial charge in [0.15, 0.2) is 5.69 Å². The number of benzene rings is 2. The Bertz CT molecular complexity index is 1350. The van der Waals surface area contributed by atoms with Crippen molar-refractivity contribution >= 4 is 23.0 Å². The fraction of sp³-hybridized carbons (Fsp3) is 0.125. The molecule has 0 fully saturated rings. The lowest BCUT2D eigenvalue weighted by Gasteiger charge is -2.19. The molecule has 2 amide bonds. The number of aromatic nitrogens is 2. The van der Waals surface area contributed by atoms with Gasteiger partial charge in [0.05, 0.1) is 11.2 Å². The largest absolute Gasteiger partial charge is 0.489 e. The minimum absolute atomic E-state index is 0.000224. The van der Waals surface area contributed by atoms with E-state index in [1.165, 1.54) is 15.5 Å². The zero-order chi connectivity index (χ0) is 22.2. The quantitative estimate of drug-likeness (QED) is 0.541. The van der Waals surface area contributed by atoms with Crippen LogP contribution in [-0.4, -0.2) is 41.1 Å². The Labute approximate surface area is 183 Å². The third-order valence-corrected chi connectivity index (χ3v) is 5.46. The molecule has 160 valence electrons. The van der Waals surface area contributed by atoms with Crippen molar-refractivity contribution in [1.29, 1.82) is 0 Å². The molecule has 0 spiro atoms. The lowest BCUT2D eigenvalue weighted by molar-refractivity contribution is -0.120. The van der Waals surface area contributed by atoms with E-state index in [0.717, 1.165) is 0 Å². The highest BCUT2D eigenvalue weighted by Gasteiger charge is 2.31. The van der Waals surface area contributed by atoms with Crippen molar-refractivity contribution in [2.24, 2.45) is 0 Å². The molecule has 8 heteroatoms. The highest BCUT2D eigenvalue weighted by molar-refractivity contribution is 6.03. The molecule has 0 aliphatic carbocycles. The van der Waals surface area contributed by atoms with Crippen LogP contribution in [0.4, 0.5) is 10.1 Å². The van der Waals surface area contributed by atoms with E-state index in [1.54, 1.807) is 61.8 Å². The number of amides is 2. The monoisotopic (exact) mass is 430 g/mol. The first-order valence-corrected chi connectivity index (χ1v) is 10.1. The van der Waals surface area contributed by atoms with E-state index in [1.807, 2.05) is 12.1 Å². The second-order valence-electron chi connectivity index (χ2n) is 7.46. The van der Waals surface area contributed by atoms with Gasteiger partial charge in [-0.1, -0.05) is 36.4 Å². The first kappa shape index (κ1) is 19.7. The summed E-state index contributed by atoms with van der Waals surface area (Å²) >= 11 is 0. The smallest absolute Gasteiger partial charge is 0.272 e. The number of halogens is 1. The Hall–Kier alpha value is -4.20. The number of nitrogens with zero attached hydrogens (tertiary/aromatic N) is 3. The van der Waals surface area contributed by atoms with Gasteiger partial charge in [0, 0.05) is 24.4 Å². The number of pyridine rings is 1. The Balaban J connectivity index is 1.43. The van der Waals surface area contributed by atoms with Crippen molar-refractivity contribution in [3.8, 4) is 16.9 Å². The maximum atomic E-state index is 14.3. The molecule has 1 aliphatic rings. The predicted molar refractivity (Wildman–Crippen MR) is 117 cm³/mol. The van der Waals surface area contributed by atoms with E-state index in [9.17, 15) is 14.0 Å². The number of carbonyl (C=O) groups excluding carboxylic acids is 2. The molecular weight excluding hydrogens is 411 g/mol. The van der Waals surface area contributed by atoms with E-state index in [2.05, 4.69) is 10.4 Å². The summed E-state index contributed by atoms with van der Waals surface area (Å²) in [6.45, 7) is -0.000224. The highest BCUT2D eigenvalue weighted by Crippen LogP contribution is 2.30. The first-order valence-electron chi connectivity index (χ1n) is 10.1. The number of hydrogen-bond donors (Lipinski definition) is 1. The van der Waals surface area contributed by atoms with Crippen LogP contribution in [0.5, 0.6) is 5.75 Å². The normalized spacial score (nSPS) is 15.8. The fourth-order valence-corrected chi connectivity index (χ4v) is 3.82. The van der Waals surface area contributed by atoms with Gasteiger partial charge in [-0.25, -0.2) is 8.91 Å². The molecule has 0 saturated heterocycles. The van der Waals surface area contributed by atoms with E-state index >= 15 is 0 Å². The van der Waals surface area contributed by atoms with Gasteiger partial charge in [-0.3, -0.25) is 9.59 Å². The number of carbonyl (C=O) groups is 2. The molecule has 1 aliphatic heterocycles. The fourth-order valence-electron chi connectivity index (χ4n) is 3.82. The van der Waals surface area contributed by atoms with Crippen LogP contribution in [-0.2, 0) is 4.79 Å². The van der Waals surface area contributed by atoms with Crippen LogP contribution in [0, 0.1) is 5.82 Å². The van der Waals surface area contributed by atoms with E-state index < -0.39 is 11.9 Å². The molecule has 3 heterocycles. The Morgan fingerprint density at radius 3 is 2.69 bits per heavy atom. The SMILES string of the molecule is CN1C(=O)[C@@H](NC(=O)c2cc3c(-c4ccccc4F)cccn3n2)COc2ccccc21. The predicted octanol–water partition coefficient (Wildman–Crippen LogP) is 3.29. The molecule has 1 atom stereocenters. The third-order valence-electron chi connectivity index (χ3n) is 5.46. The van der Waals surface area contributed by atoms with Crippen molar-refractivity contribution in [2.45, 2.75) is 6.04 Å². The number of ether oxygens (including phenoxy) is 1. The second kappa shape index (κ2) is 7.81. The van der Waals surface area contributed by atoms with Gasteiger partial charge >= 0.3 is 0 Å². The number of fused-ring (bicyclic) bond motifs is 2. The van der Waals surface area contributed by atoms with Crippen molar-refractivity contribution in [1.82, 2.24) is 14.9 Å². The van der Waals surface area contributed by atoms with Gasteiger partial charge in [-0.15, -0.1) is 0 Å². The molecule has 4 aromatic rings. The van der Waals surface area contributed by atoms with Crippen molar-refractivity contribution in [3.05, 3.63) is 84.4 Å². The molecule has 0 unspecified atom stereocenters. The maximum absolute atomic E-state index is 14.3. The van der Waals surface area contributed by atoms with Crippen molar-refractivity contribution < 1.29 is 18.7 Å². The number of likely N-dealkylation sites (N-methyl/N-ethyl adjacent to an activating group) is 1. The number of hydrogen-bond acceptors (Lipinski definition) is 4. The van der Waals surface area contributed by atoms with Gasteiger partial charge in [0.25, 0.3) is 11.8 Å². The number of para-hydroxylation sites is 2. The molecule has 1 N–H and O–H groups in total. The second-order valence-corrected chi connectivity index (χ2v) is 7.46. The number of anilines is 1. The van der Waals surface area contributed by atoms with Gasteiger partial charge in [-0.2, -0.15) is 5.10 Å². The summed E-state index contributed by atoms with van der Waals surface area (Å²) in [4.78, 5) is 27.3. The molecule has 5 rings (SSSR count). The maximum Gasteiger partial charge on any atom is 0.272 e. The summed E-state index contributed by atoms with van der Waals surface area (Å²) in [5, 5.41) is 7.03. The zero-order valence-corrected chi connectivity index (χ0v) is 17.2. The van der Waals surface area contributed by atoms with Crippen LogP contribution in [0.1, 0.15) is 10.5 Å². The Morgan fingerprint density at radius 2 is 1.84 bits per heavy atom. The minimum Gasteiger partial charge on any atom is -0.489 e. The number of rotatable bonds is 3. The van der Waals surface area contributed by atoms with Gasteiger partial charge in [0.2, 0.25) is 0 Å². The molecule has 7 nitrogen and oxygen atoms in total. The summed E-state index contributed by atoms with van der Waals surface area (Å²) in [5.74, 6) is -0.604. The van der Waals surface area contributed by atoms with Gasteiger partial charge in [0.1, 0.15) is 24.2 Å². The van der Waals surface area contributed by atoms with Crippen LogP contribution in [0.2, 0.25) is 0 Å². The standard InChI is InChI=1S/C24H19FN4O3/c1-28-20-10-4-5-11-22(20)32-14-19(24(28)31)26-23(30)18-13-21-16(8-6-12-29(21)27-18)15-7-2-3-9-17(15)25/h2-13,19H,14H2,1H3,(H,26,30)/t19-/m0/s1. The Kier molecular flexibility index (Phi) is 4.82. The van der Waals surface area contributed by atoms with Crippen molar-refractivity contribution in [3.63, 3.8) is 0 Å². The lowest BCUT2D eigenvalue weighted by Crippen LogP contribution is -2.49. The molecule has 32 heavy (non-hydrogen) atoms. The number of nitrogens with one attached hydrogen (secondary N) is 1. The summed E-state index contributed by atoms with van der Waals surface area (Å²) in [5.41, 5.74) is 2.36. The molecular formula is C24H19FN4O3. The van der Waals surface area contributed by atoms with Crippen LogP contribution in [0.3, 0.4) is 0 Å². The van der Waals surface area contributed by atoms with Gasteiger partial charge < -0.3 is 15.0 Å². The van der Waals surface area contributed by atoms with Crippen LogP contribution < -0.4 is 15.0 Å². The summed E-state index contributed by atoms with van der Waals surface area (Å²) < 4.78 is 21.6. The summed E-state index contributed by atoms with van der Waals surface area (Å²) in [6.07, 6.45) is 1.68. The third kappa shape index (κ3) is 3.35. The van der Waals surface area contributed by atoms with E-state index in [0.29, 0.717) is 28.1 Å². The first-order chi connectivity index (χ1) is 15.5. The van der Waals surface area contributed by atoms with Crippen molar-refractivity contribution in [2.75, 3.05) is 18.6 Å². The molecule has 0 saturated carbocycles.